The quantitative estimate of drug-likeness (QED) is 0.805. The summed E-state index contributed by atoms with van der Waals surface area (Å²) in [6.07, 6.45) is 4.07. The van der Waals surface area contributed by atoms with Crippen LogP contribution in [0.1, 0.15) is 12.8 Å². The highest BCUT2D eigenvalue weighted by Gasteiger charge is 2.20. The fourth-order valence-corrected chi connectivity index (χ4v) is 3.18. The molecule has 0 atom stereocenters. The van der Waals surface area contributed by atoms with E-state index in [9.17, 15) is 0 Å². The summed E-state index contributed by atoms with van der Waals surface area (Å²) in [5.41, 5.74) is 2.89. The molecule has 2 aromatic heterocycles. The monoisotopic (exact) mass is 298 g/mol. The van der Waals surface area contributed by atoms with E-state index in [1.54, 1.807) is 20.5 Å². The van der Waals surface area contributed by atoms with Gasteiger partial charge in [0.15, 0.2) is 17.3 Å². The van der Waals surface area contributed by atoms with Gasteiger partial charge in [0, 0.05) is 24.5 Å². The van der Waals surface area contributed by atoms with E-state index >= 15 is 0 Å². The molecule has 0 radical (unpaired) electrons. The Hall–Kier alpha value is -2.50. The summed E-state index contributed by atoms with van der Waals surface area (Å²) < 4.78 is 10.8. The summed E-state index contributed by atoms with van der Waals surface area (Å²) in [5, 5.41) is 1.02. The van der Waals surface area contributed by atoms with Crippen LogP contribution in [-0.2, 0) is 0 Å². The van der Waals surface area contributed by atoms with Crippen molar-refractivity contribution in [2.24, 2.45) is 0 Å². The lowest BCUT2D eigenvalue weighted by Crippen LogP contribution is -2.19. The maximum Gasteiger partial charge on any atom is 0.162 e. The lowest BCUT2D eigenvalue weighted by Gasteiger charge is -2.16. The van der Waals surface area contributed by atoms with Crippen molar-refractivity contribution in [3.05, 3.63) is 18.5 Å². The maximum absolute atomic E-state index is 5.40. The van der Waals surface area contributed by atoms with Gasteiger partial charge in [-0.2, -0.15) is 0 Å². The molecular weight excluding hydrogens is 280 g/mol. The number of hydrogen-bond donors (Lipinski definition) is 1. The molecule has 4 rings (SSSR count). The number of nitrogens with one attached hydrogen (secondary N) is 1. The largest absolute Gasteiger partial charge is 0.493 e. The third kappa shape index (κ3) is 1.87. The molecule has 1 aromatic carbocycles. The molecule has 6 nitrogen and oxygen atoms in total. The molecule has 114 valence electrons. The zero-order valence-electron chi connectivity index (χ0n) is 12.7. The number of aromatic nitrogens is 3. The summed E-state index contributed by atoms with van der Waals surface area (Å²) >= 11 is 0. The average Bonchev–Trinajstić information content (AvgIpc) is 3.20. The van der Waals surface area contributed by atoms with Gasteiger partial charge in [-0.05, 0) is 18.9 Å². The van der Waals surface area contributed by atoms with Crippen molar-refractivity contribution in [3.8, 4) is 11.5 Å². The van der Waals surface area contributed by atoms with E-state index in [-0.39, 0.29) is 0 Å². The summed E-state index contributed by atoms with van der Waals surface area (Å²) in [6, 6.07) is 3.91. The number of benzene rings is 1. The van der Waals surface area contributed by atoms with Gasteiger partial charge in [0.05, 0.1) is 19.7 Å². The molecule has 1 aliphatic heterocycles. The number of nitrogens with zero attached hydrogens (tertiary/aromatic N) is 3. The highest BCUT2D eigenvalue weighted by atomic mass is 16.5. The molecule has 22 heavy (non-hydrogen) atoms. The molecule has 0 spiro atoms. The van der Waals surface area contributed by atoms with Crippen molar-refractivity contribution in [3.63, 3.8) is 0 Å². The molecular formula is C16H18N4O2. The van der Waals surface area contributed by atoms with E-state index in [0.717, 1.165) is 40.8 Å². The van der Waals surface area contributed by atoms with Gasteiger partial charge in [0.25, 0.3) is 0 Å². The first-order valence-corrected chi connectivity index (χ1v) is 7.45. The van der Waals surface area contributed by atoms with Crippen molar-refractivity contribution < 1.29 is 9.47 Å². The Bertz CT molecular complexity index is 837. The molecule has 0 bridgehead atoms. The number of anilines is 1. The topological polar surface area (TPSA) is 63.3 Å². The van der Waals surface area contributed by atoms with Crippen LogP contribution in [0.25, 0.3) is 21.9 Å². The normalized spacial score (nSPS) is 14.9. The van der Waals surface area contributed by atoms with Crippen LogP contribution in [0.4, 0.5) is 5.82 Å². The number of hydrogen-bond acceptors (Lipinski definition) is 5. The van der Waals surface area contributed by atoms with Gasteiger partial charge in [-0.15, -0.1) is 0 Å². The smallest absolute Gasteiger partial charge is 0.162 e. The molecule has 0 aliphatic carbocycles. The molecule has 1 fully saturated rings. The van der Waals surface area contributed by atoms with Gasteiger partial charge in [0.1, 0.15) is 17.4 Å². The van der Waals surface area contributed by atoms with Crippen LogP contribution in [0.15, 0.2) is 18.5 Å². The Morgan fingerprint density at radius 1 is 1.05 bits per heavy atom. The minimum atomic E-state index is 0.706. The zero-order chi connectivity index (χ0) is 15.1. The standard InChI is InChI=1S/C16H18N4O2/c1-21-12-7-10-11(8-13(12)22-2)19-15-14(10)17-9-18-16(15)20-5-3-4-6-20/h7-9,19H,3-6H2,1-2H3. The fourth-order valence-electron chi connectivity index (χ4n) is 3.18. The molecule has 0 saturated carbocycles. The van der Waals surface area contributed by atoms with E-state index in [2.05, 4.69) is 19.9 Å². The van der Waals surface area contributed by atoms with Crippen molar-refractivity contribution in [2.45, 2.75) is 12.8 Å². The highest BCUT2D eigenvalue weighted by Crippen LogP contribution is 2.37. The van der Waals surface area contributed by atoms with Crippen LogP contribution in [0.2, 0.25) is 0 Å². The predicted octanol–water partition coefficient (Wildman–Crippen LogP) is 2.73. The Balaban J connectivity index is 1.98. The number of aromatic amines is 1. The molecule has 0 amide bonds. The summed E-state index contributed by atoms with van der Waals surface area (Å²) in [5.74, 6) is 2.39. The number of methoxy groups -OCH3 is 2. The Kier molecular flexibility index (Phi) is 3.03. The summed E-state index contributed by atoms with van der Waals surface area (Å²) in [7, 11) is 3.28. The van der Waals surface area contributed by atoms with Crippen molar-refractivity contribution >= 4 is 27.8 Å². The van der Waals surface area contributed by atoms with E-state index < -0.39 is 0 Å². The first-order chi connectivity index (χ1) is 10.8. The maximum atomic E-state index is 5.40. The molecule has 1 aliphatic rings. The molecule has 1 saturated heterocycles. The van der Waals surface area contributed by atoms with Crippen molar-refractivity contribution in [1.82, 2.24) is 15.0 Å². The number of ether oxygens (including phenoxy) is 2. The van der Waals surface area contributed by atoms with E-state index in [4.69, 9.17) is 9.47 Å². The molecule has 3 heterocycles. The van der Waals surface area contributed by atoms with Gasteiger partial charge in [-0.3, -0.25) is 0 Å². The Morgan fingerprint density at radius 3 is 2.50 bits per heavy atom. The third-order valence-electron chi connectivity index (χ3n) is 4.27. The predicted molar refractivity (Wildman–Crippen MR) is 85.9 cm³/mol. The van der Waals surface area contributed by atoms with Gasteiger partial charge >= 0.3 is 0 Å². The molecule has 0 unspecified atom stereocenters. The fraction of sp³-hybridized carbons (Fsp3) is 0.375. The van der Waals surface area contributed by atoms with Crippen LogP contribution in [0.3, 0.4) is 0 Å². The van der Waals surface area contributed by atoms with Crippen LogP contribution < -0.4 is 14.4 Å². The molecule has 6 heteroatoms. The van der Waals surface area contributed by atoms with E-state index in [1.165, 1.54) is 12.8 Å². The second kappa shape index (κ2) is 5.05. The van der Waals surface area contributed by atoms with Crippen molar-refractivity contribution in [1.29, 1.82) is 0 Å². The Morgan fingerprint density at radius 2 is 1.77 bits per heavy atom. The number of rotatable bonds is 3. The number of H-pyrrole nitrogens is 1. The van der Waals surface area contributed by atoms with Crippen LogP contribution in [-0.4, -0.2) is 42.3 Å². The van der Waals surface area contributed by atoms with E-state index in [0.29, 0.717) is 11.5 Å². The van der Waals surface area contributed by atoms with E-state index in [1.807, 2.05) is 12.1 Å². The van der Waals surface area contributed by atoms with Crippen LogP contribution in [0, 0.1) is 0 Å². The molecule has 1 N–H and O–H groups in total. The summed E-state index contributed by atoms with van der Waals surface area (Å²) in [4.78, 5) is 14.7. The minimum Gasteiger partial charge on any atom is -0.493 e. The minimum absolute atomic E-state index is 0.706. The van der Waals surface area contributed by atoms with Gasteiger partial charge < -0.3 is 19.4 Å². The lowest BCUT2D eigenvalue weighted by atomic mass is 10.2. The second-order valence-electron chi connectivity index (χ2n) is 5.49. The SMILES string of the molecule is COc1cc2[nH]c3c(N4CCCC4)ncnc3c2cc1OC. The lowest BCUT2D eigenvalue weighted by molar-refractivity contribution is 0.356. The number of fused-ring (bicyclic) bond motifs is 3. The van der Waals surface area contributed by atoms with Gasteiger partial charge in [-0.1, -0.05) is 0 Å². The zero-order valence-corrected chi connectivity index (χ0v) is 12.7. The molecule has 3 aromatic rings. The highest BCUT2D eigenvalue weighted by molar-refractivity contribution is 6.09. The average molecular weight is 298 g/mol. The van der Waals surface area contributed by atoms with Crippen LogP contribution in [0.5, 0.6) is 11.5 Å². The second-order valence-corrected chi connectivity index (χ2v) is 5.49. The van der Waals surface area contributed by atoms with Crippen molar-refractivity contribution in [2.75, 3.05) is 32.2 Å². The first-order valence-electron chi connectivity index (χ1n) is 7.45. The van der Waals surface area contributed by atoms with Gasteiger partial charge in [0.2, 0.25) is 0 Å². The Labute approximate surface area is 128 Å². The third-order valence-corrected chi connectivity index (χ3v) is 4.27. The first kappa shape index (κ1) is 13.2. The van der Waals surface area contributed by atoms with Crippen LogP contribution >= 0.6 is 0 Å². The van der Waals surface area contributed by atoms with Gasteiger partial charge in [-0.25, -0.2) is 9.97 Å². The summed E-state index contributed by atoms with van der Waals surface area (Å²) in [6.45, 7) is 2.10.